The van der Waals surface area contributed by atoms with E-state index in [0.717, 1.165) is 0 Å². The van der Waals surface area contributed by atoms with Gasteiger partial charge in [-0.25, -0.2) is 0 Å². The van der Waals surface area contributed by atoms with Crippen LogP contribution in [0.3, 0.4) is 0 Å². The molecular weight excluding hydrogens is 240 g/mol. The van der Waals surface area contributed by atoms with E-state index in [9.17, 15) is 0 Å². The molecule has 1 aromatic heterocycles. The first-order valence-electron chi connectivity index (χ1n) is 5.98. The van der Waals surface area contributed by atoms with E-state index in [2.05, 4.69) is 62.1 Å². The predicted molar refractivity (Wildman–Crippen MR) is 82.3 cm³/mol. The van der Waals surface area contributed by atoms with Crippen LogP contribution < -0.4 is 5.19 Å². The second kappa shape index (κ2) is 3.69. The molecule has 17 heavy (non-hydrogen) atoms. The van der Waals surface area contributed by atoms with Crippen molar-refractivity contribution in [3.8, 4) is 0 Å². The number of rotatable bonds is 1. The van der Waals surface area contributed by atoms with Gasteiger partial charge in [-0.2, -0.15) is 0 Å². The summed E-state index contributed by atoms with van der Waals surface area (Å²) >= 11 is 1.95. The highest BCUT2D eigenvalue weighted by Crippen LogP contribution is 2.33. The zero-order valence-corrected chi connectivity index (χ0v) is 12.3. The third-order valence-corrected chi connectivity index (χ3v) is 6.65. The highest BCUT2D eigenvalue weighted by molar-refractivity contribution is 7.27. The van der Waals surface area contributed by atoms with Crippen LogP contribution in [0.5, 0.6) is 0 Å². The van der Waals surface area contributed by atoms with Gasteiger partial charge in [0.25, 0.3) is 0 Å². The molecule has 3 aromatic rings. The van der Waals surface area contributed by atoms with Gasteiger partial charge in [-0.3, -0.25) is 0 Å². The number of thiophene rings is 1. The summed E-state index contributed by atoms with van der Waals surface area (Å²) in [5.41, 5.74) is 0. The fraction of sp³-hybridized carbons (Fsp3) is 0.200. The van der Waals surface area contributed by atoms with Crippen molar-refractivity contribution in [3.05, 3.63) is 42.5 Å². The Morgan fingerprint density at radius 3 is 2.29 bits per heavy atom. The second-order valence-corrected chi connectivity index (χ2v) is 11.6. The van der Waals surface area contributed by atoms with Crippen molar-refractivity contribution in [2.45, 2.75) is 19.6 Å². The predicted octanol–water partition coefficient (Wildman–Crippen LogP) is 4.60. The average Bonchev–Trinajstić information content (AvgIpc) is 2.65. The number of hydrogen-bond donors (Lipinski definition) is 0. The largest absolute Gasteiger partial charge is 0.135 e. The van der Waals surface area contributed by atoms with Crippen molar-refractivity contribution < 1.29 is 0 Å². The topological polar surface area (TPSA) is 0 Å². The quantitative estimate of drug-likeness (QED) is 0.558. The van der Waals surface area contributed by atoms with Crippen LogP contribution in [0.15, 0.2) is 42.5 Å². The highest BCUT2D eigenvalue weighted by Gasteiger charge is 2.20. The average molecular weight is 256 g/mol. The molecule has 0 aliphatic rings. The molecule has 0 N–H and O–H groups in total. The normalized spacial score (nSPS) is 12.4. The number of benzene rings is 2. The van der Waals surface area contributed by atoms with Crippen LogP contribution in [0.25, 0.3) is 20.2 Å². The van der Waals surface area contributed by atoms with Gasteiger partial charge in [-0.15, -0.1) is 11.3 Å². The maximum atomic E-state index is 2.42. The summed E-state index contributed by atoms with van der Waals surface area (Å²) in [5, 5.41) is 4.44. The van der Waals surface area contributed by atoms with Crippen LogP contribution in [0.2, 0.25) is 19.6 Å². The molecule has 0 spiro atoms. The fourth-order valence-electron chi connectivity index (χ4n) is 2.34. The number of fused-ring (bicyclic) bond motifs is 3. The molecule has 0 fully saturated rings. The molecule has 0 unspecified atom stereocenters. The minimum atomic E-state index is -1.25. The zero-order valence-electron chi connectivity index (χ0n) is 10.4. The lowest BCUT2D eigenvalue weighted by molar-refractivity contribution is 1.75. The van der Waals surface area contributed by atoms with E-state index in [4.69, 9.17) is 0 Å². The van der Waals surface area contributed by atoms with Crippen LogP contribution in [-0.4, -0.2) is 8.07 Å². The molecule has 3 rings (SSSR count). The zero-order chi connectivity index (χ0) is 12.0. The Bertz CT molecular complexity index is 689. The van der Waals surface area contributed by atoms with Crippen molar-refractivity contribution in [3.63, 3.8) is 0 Å². The molecule has 0 amide bonds. The van der Waals surface area contributed by atoms with Crippen molar-refractivity contribution in [1.29, 1.82) is 0 Å². The summed E-state index contributed by atoms with van der Waals surface area (Å²) < 4.78 is 2.92. The lowest BCUT2D eigenvalue weighted by Gasteiger charge is -2.17. The molecule has 0 saturated carbocycles. The summed E-state index contributed by atoms with van der Waals surface area (Å²) in [6.45, 7) is 7.27. The maximum absolute atomic E-state index is 2.42. The van der Waals surface area contributed by atoms with E-state index in [0.29, 0.717) is 0 Å². The van der Waals surface area contributed by atoms with Crippen LogP contribution in [0.4, 0.5) is 0 Å². The van der Waals surface area contributed by atoms with E-state index in [-0.39, 0.29) is 0 Å². The fourth-order valence-corrected chi connectivity index (χ4v) is 5.94. The molecule has 2 heteroatoms. The summed E-state index contributed by atoms with van der Waals surface area (Å²) in [5.74, 6) is 0. The highest BCUT2D eigenvalue weighted by atomic mass is 32.1. The van der Waals surface area contributed by atoms with Gasteiger partial charge in [0.15, 0.2) is 0 Å². The van der Waals surface area contributed by atoms with E-state index in [1.807, 2.05) is 11.3 Å². The molecule has 2 aromatic carbocycles. The third-order valence-electron chi connectivity index (χ3n) is 3.21. The minimum Gasteiger partial charge on any atom is -0.135 e. The molecule has 0 radical (unpaired) electrons. The molecule has 0 aliphatic heterocycles. The van der Waals surface area contributed by atoms with Gasteiger partial charge in [0.05, 0.1) is 8.07 Å². The summed E-state index contributed by atoms with van der Waals surface area (Å²) in [6.07, 6.45) is 0. The molecule has 0 nitrogen and oxygen atoms in total. The van der Waals surface area contributed by atoms with Gasteiger partial charge in [0.2, 0.25) is 0 Å². The van der Waals surface area contributed by atoms with Gasteiger partial charge in [-0.1, -0.05) is 56.0 Å². The van der Waals surface area contributed by atoms with Crippen LogP contribution in [-0.2, 0) is 0 Å². The van der Waals surface area contributed by atoms with Crippen molar-refractivity contribution in [2.24, 2.45) is 0 Å². The van der Waals surface area contributed by atoms with Crippen molar-refractivity contribution in [2.75, 3.05) is 0 Å². The van der Waals surface area contributed by atoms with E-state index in [1.54, 1.807) is 5.19 Å². The Kier molecular flexibility index (Phi) is 2.38. The molecule has 0 atom stereocenters. The van der Waals surface area contributed by atoms with Gasteiger partial charge in [-0.05, 0) is 11.3 Å². The Labute approximate surface area is 107 Å². The molecule has 0 aliphatic carbocycles. The first-order chi connectivity index (χ1) is 8.07. The Hall–Kier alpha value is -1.12. The molecule has 0 saturated heterocycles. The molecule has 86 valence electrons. The summed E-state index contributed by atoms with van der Waals surface area (Å²) in [7, 11) is -1.25. The lowest BCUT2D eigenvalue weighted by atomic mass is 10.1. The van der Waals surface area contributed by atoms with E-state index < -0.39 is 8.07 Å². The van der Waals surface area contributed by atoms with Crippen molar-refractivity contribution in [1.82, 2.24) is 0 Å². The van der Waals surface area contributed by atoms with Gasteiger partial charge in [0.1, 0.15) is 0 Å². The van der Waals surface area contributed by atoms with Gasteiger partial charge < -0.3 is 0 Å². The third kappa shape index (κ3) is 1.72. The number of hydrogen-bond acceptors (Lipinski definition) is 1. The molecular formula is C15H16SSi. The van der Waals surface area contributed by atoms with Crippen LogP contribution >= 0.6 is 11.3 Å². The van der Waals surface area contributed by atoms with Crippen molar-refractivity contribution >= 4 is 44.8 Å². The Balaban J connectivity index is 2.48. The smallest absolute Gasteiger partial charge is 0.0794 e. The summed E-state index contributed by atoms with van der Waals surface area (Å²) in [4.78, 5) is 0. The standard InChI is InChI=1S/C15H16SSi/c1-17(2,3)14-10-6-8-12-11-7-4-5-9-13(11)16-15(12)14/h4-10H,1-3H3. The van der Waals surface area contributed by atoms with E-state index in [1.165, 1.54) is 20.2 Å². The maximum Gasteiger partial charge on any atom is 0.0794 e. The second-order valence-electron chi connectivity index (χ2n) is 5.53. The molecule has 0 bridgehead atoms. The minimum absolute atomic E-state index is 1.25. The van der Waals surface area contributed by atoms with Gasteiger partial charge >= 0.3 is 0 Å². The van der Waals surface area contributed by atoms with Crippen LogP contribution in [0, 0.1) is 0 Å². The van der Waals surface area contributed by atoms with Crippen LogP contribution in [0.1, 0.15) is 0 Å². The first kappa shape index (κ1) is 11.0. The lowest BCUT2D eigenvalue weighted by Crippen LogP contribution is -2.37. The van der Waals surface area contributed by atoms with E-state index >= 15 is 0 Å². The van der Waals surface area contributed by atoms with Gasteiger partial charge in [0, 0.05) is 20.2 Å². The first-order valence-corrected chi connectivity index (χ1v) is 10.3. The summed E-state index contributed by atoms with van der Waals surface area (Å²) in [6, 6.07) is 15.5. The SMILES string of the molecule is C[Si](C)(C)c1cccc2c1sc1ccccc12. The molecule has 1 heterocycles. The monoisotopic (exact) mass is 256 g/mol. The Morgan fingerprint density at radius 1 is 0.824 bits per heavy atom. The Morgan fingerprint density at radius 2 is 1.53 bits per heavy atom.